The maximum absolute atomic E-state index is 13.7. The molecule has 37 heavy (non-hydrogen) atoms. The quantitative estimate of drug-likeness (QED) is 0.240. The number of piperidine rings is 1. The lowest BCUT2D eigenvalue weighted by atomic mass is 9.73. The number of hydrazone groups is 1. The molecule has 0 saturated carbocycles. The molecule has 0 radical (unpaired) electrons. The first-order valence-corrected chi connectivity index (χ1v) is 13.9. The standard InChI is InChI=1S/C29H38N4O3S/c1-7-25(33(30-5)22-12-10-13-23(19-22)36-6)27(34)32-17-15-29(16-18-32)20-21-11-8-9-14-24(21)26(29)31-37(35)28(2,3)4/h7-14,19,26,31H,5,15-18,20H2,1-4,6H3/b25-7-/t26-,37-/m1/s1. The first kappa shape index (κ1) is 27.2. The summed E-state index contributed by atoms with van der Waals surface area (Å²) in [6, 6.07) is 15.9. The van der Waals surface area contributed by atoms with Crippen LogP contribution in [0.15, 0.2) is 65.4 Å². The maximum atomic E-state index is 13.7. The van der Waals surface area contributed by atoms with E-state index in [4.69, 9.17) is 4.74 Å². The summed E-state index contributed by atoms with van der Waals surface area (Å²) in [5.74, 6) is 0.604. The molecule has 2 aromatic carbocycles. The maximum Gasteiger partial charge on any atom is 0.272 e. The summed E-state index contributed by atoms with van der Waals surface area (Å²) in [6.45, 7) is 12.8. The smallest absolute Gasteiger partial charge is 0.272 e. The SMILES string of the molecule is C=NN(/C(=C\C)C(=O)N1CCC2(CC1)Cc1ccccc1[C@H]2N[S@+]([O-])C(C)(C)C)c1cccc(OC)c1. The van der Waals surface area contributed by atoms with Crippen LogP contribution in [0.25, 0.3) is 0 Å². The van der Waals surface area contributed by atoms with Crippen molar-refractivity contribution >= 4 is 29.7 Å². The van der Waals surface area contributed by atoms with E-state index in [1.165, 1.54) is 11.1 Å². The van der Waals surface area contributed by atoms with Crippen LogP contribution in [0.3, 0.4) is 0 Å². The Morgan fingerprint density at radius 2 is 1.95 bits per heavy atom. The van der Waals surface area contributed by atoms with Crippen molar-refractivity contribution < 1.29 is 14.1 Å². The lowest BCUT2D eigenvalue weighted by molar-refractivity contribution is -0.129. The highest BCUT2D eigenvalue weighted by Crippen LogP contribution is 2.52. The largest absolute Gasteiger partial charge is 0.598 e. The Morgan fingerprint density at radius 3 is 2.57 bits per heavy atom. The van der Waals surface area contributed by atoms with E-state index in [9.17, 15) is 9.35 Å². The molecule has 2 atom stereocenters. The van der Waals surface area contributed by atoms with Crippen LogP contribution >= 0.6 is 0 Å². The molecule has 2 aromatic rings. The predicted molar refractivity (Wildman–Crippen MR) is 151 cm³/mol. The number of ether oxygens (including phenoxy) is 1. The number of benzene rings is 2. The van der Waals surface area contributed by atoms with Gasteiger partial charge in [0.2, 0.25) is 0 Å². The minimum absolute atomic E-state index is 0.00896. The van der Waals surface area contributed by atoms with Crippen LogP contribution in [0.2, 0.25) is 0 Å². The molecule has 2 aliphatic rings. The molecule has 0 unspecified atom stereocenters. The summed E-state index contributed by atoms with van der Waals surface area (Å²) in [4.78, 5) is 15.6. The van der Waals surface area contributed by atoms with Gasteiger partial charge in [0.25, 0.3) is 5.91 Å². The van der Waals surface area contributed by atoms with Crippen molar-refractivity contribution in [3.05, 3.63) is 71.4 Å². The van der Waals surface area contributed by atoms with Crippen molar-refractivity contribution in [3.8, 4) is 5.75 Å². The molecule has 1 saturated heterocycles. The number of nitrogens with one attached hydrogen (secondary N) is 1. The van der Waals surface area contributed by atoms with E-state index in [0.717, 1.165) is 19.3 Å². The molecule has 1 heterocycles. The average molecular weight is 523 g/mol. The molecule has 0 bridgehead atoms. The molecule has 0 aromatic heterocycles. The summed E-state index contributed by atoms with van der Waals surface area (Å²) in [5.41, 5.74) is 3.62. The van der Waals surface area contributed by atoms with Crippen molar-refractivity contribution in [2.45, 2.75) is 57.7 Å². The van der Waals surface area contributed by atoms with Gasteiger partial charge in [-0.1, -0.05) is 36.4 Å². The van der Waals surface area contributed by atoms with E-state index >= 15 is 0 Å². The minimum atomic E-state index is -1.20. The van der Waals surface area contributed by atoms with Crippen LogP contribution in [-0.2, 0) is 22.6 Å². The molecule has 1 aliphatic heterocycles. The third-order valence-electron chi connectivity index (χ3n) is 7.51. The van der Waals surface area contributed by atoms with Crippen LogP contribution in [0.5, 0.6) is 5.75 Å². The number of hydrogen-bond donors (Lipinski definition) is 1. The van der Waals surface area contributed by atoms with Crippen molar-refractivity contribution in [2.75, 3.05) is 25.2 Å². The van der Waals surface area contributed by atoms with Gasteiger partial charge < -0.3 is 14.2 Å². The minimum Gasteiger partial charge on any atom is -0.598 e. The molecule has 198 valence electrons. The van der Waals surface area contributed by atoms with Gasteiger partial charge in [-0.3, -0.25) is 4.79 Å². The Hall–Kier alpha value is -2.81. The van der Waals surface area contributed by atoms with Gasteiger partial charge in [0.05, 0.1) is 18.8 Å². The summed E-state index contributed by atoms with van der Waals surface area (Å²) in [7, 11) is 1.61. The monoisotopic (exact) mass is 522 g/mol. The Balaban J connectivity index is 1.53. The zero-order valence-corrected chi connectivity index (χ0v) is 23.3. The fraction of sp³-hybridized carbons (Fsp3) is 0.448. The van der Waals surface area contributed by atoms with Crippen molar-refractivity contribution in [1.29, 1.82) is 0 Å². The second-order valence-electron chi connectivity index (χ2n) is 10.8. The fourth-order valence-corrected chi connectivity index (χ4v) is 6.36. The summed E-state index contributed by atoms with van der Waals surface area (Å²) in [6.07, 6.45) is 4.35. The predicted octanol–water partition coefficient (Wildman–Crippen LogP) is 4.98. The third-order valence-corrected chi connectivity index (χ3v) is 9.07. The van der Waals surface area contributed by atoms with Crippen LogP contribution in [0, 0.1) is 5.41 Å². The van der Waals surface area contributed by atoms with Crippen LogP contribution in [-0.4, -0.2) is 47.0 Å². The second-order valence-corrected chi connectivity index (χ2v) is 12.8. The van der Waals surface area contributed by atoms with Gasteiger partial charge in [-0.15, -0.1) is 4.72 Å². The molecule has 1 fully saturated rings. The number of nitrogens with zero attached hydrogens (tertiary/aromatic N) is 3. The molecular formula is C29H38N4O3S. The zero-order chi connectivity index (χ0) is 26.8. The topological polar surface area (TPSA) is 80.2 Å². The number of allylic oxidation sites excluding steroid dienone is 1. The van der Waals surface area contributed by atoms with Gasteiger partial charge in [-0.25, -0.2) is 5.01 Å². The number of carbonyl (C=O) groups excluding carboxylic acids is 1. The third kappa shape index (κ3) is 5.42. The second kappa shape index (κ2) is 10.9. The number of anilines is 1. The fourth-order valence-electron chi connectivity index (χ4n) is 5.42. The Bertz CT molecular complexity index is 1170. The van der Waals surface area contributed by atoms with Crippen molar-refractivity contribution in [2.24, 2.45) is 10.5 Å². The number of fused-ring (bicyclic) bond motifs is 1. The lowest BCUT2D eigenvalue weighted by Gasteiger charge is -2.44. The molecule has 1 N–H and O–H groups in total. The number of likely N-dealkylation sites (tertiary alicyclic amines) is 1. The summed E-state index contributed by atoms with van der Waals surface area (Å²) < 4.78 is 21.6. The van der Waals surface area contributed by atoms with Crippen molar-refractivity contribution in [1.82, 2.24) is 9.62 Å². The highest BCUT2D eigenvalue weighted by atomic mass is 32.2. The molecular weight excluding hydrogens is 484 g/mol. The van der Waals surface area contributed by atoms with E-state index in [-0.39, 0.29) is 22.1 Å². The normalized spacial score (nSPS) is 19.9. The average Bonchev–Trinajstić information content (AvgIpc) is 3.19. The zero-order valence-electron chi connectivity index (χ0n) is 22.5. The van der Waals surface area contributed by atoms with E-state index in [2.05, 4.69) is 40.8 Å². The number of rotatable bonds is 7. The lowest BCUT2D eigenvalue weighted by Crippen LogP contribution is -2.51. The van der Waals surface area contributed by atoms with Gasteiger partial charge in [0.1, 0.15) is 16.2 Å². The first-order valence-electron chi connectivity index (χ1n) is 12.8. The summed E-state index contributed by atoms with van der Waals surface area (Å²) in [5, 5.41) is 5.72. The van der Waals surface area contributed by atoms with Gasteiger partial charge in [0, 0.05) is 42.7 Å². The van der Waals surface area contributed by atoms with Crippen LogP contribution in [0.4, 0.5) is 5.69 Å². The number of amides is 1. The van der Waals surface area contributed by atoms with Crippen molar-refractivity contribution in [3.63, 3.8) is 0 Å². The number of carbonyl (C=O) groups is 1. The Labute approximate surface area is 223 Å². The van der Waals surface area contributed by atoms with Gasteiger partial charge in [-0.05, 0) is 70.2 Å². The van der Waals surface area contributed by atoms with E-state index in [1.807, 2.05) is 56.9 Å². The molecule has 1 spiro atoms. The Kier molecular flexibility index (Phi) is 8.02. The molecule has 1 amide bonds. The molecule has 7 nitrogen and oxygen atoms in total. The molecule has 4 rings (SSSR count). The number of hydrogen-bond acceptors (Lipinski definition) is 6. The van der Waals surface area contributed by atoms with E-state index < -0.39 is 11.4 Å². The van der Waals surface area contributed by atoms with Crippen LogP contribution < -0.4 is 14.5 Å². The van der Waals surface area contributed by atoms with Gasteiger partial charge in [0.15, 0.2) is 0 Å². The summed E-state index contributed by atoms with van der Waals surface area (Å²) >= 11 is -1.20. The van der Waals surface area contributed by atoms with Gasteiger partial charge >= 0.3 is 0 Å². The number of methoxy groups -OCH3 is 1. The van der Waals surface area contributed by atoms with Crippen LogP contribution in [0.1, 0.15) is 57.7 Å². The molecule has 8 heteroatoms. The van der Waals surface area contributed by atoms with Gasteiger partial charge in [-0.2, -0.15) is 5.10 Å². The highest BCUT2D eigenvalue weighted by molar-refractivity contribution is 7.90. The first-order chi connectivity index (χ1) is 17.6. The van der Waals surface area contributed by atoms with E-state index in [1.54, 1.807) is 18.2 Å². The van der Waals surface area contributed by atoms with E-state index in [0.29, 0.717) is 30.2 Å². The highest BCUT2D eigenvalue weighted by Gasteiger charge is 2.51. The molecule has 1 aliphatic carbocycles. The Morgan fingerprint density at radius 1 is 1.24 bits per heavy atom.